The van der Waals surface area contributed by atoms with Gasteiger partial charge in [-0.05, 0) is 25.7 Å². The van der Waals surface area contributed by atoms with E-state index in [0.717, 1.165) is 31.0 Å². The zero-order chi connectivity index (χ0) is 15.1. The SMILES string of the molecule is CCCC(CCC)P(=O)(c1ccccc1)C1CCCCC1. The standard InChI is InChI=1S/C19H31OP/c1-3-11-17(12-4-2)21(20,18-13-7-5-8-14-18)19-15-9-6-10-16-19/h5,7-8,13-14,17,19H,3-4,6,9-12,15-16H2,1-2H3. The Kier molecular flexibility index (Phi) is 6.55. The van der Waals surface area contributed by atoms with Crippen LogP contribution in [0.2, 0.25) is 0 Å². The molecule has 2 heteroatoms. The van der Waals surface area contributed by atoms with Crippen molar-refractivity contribution in [2.24, 2.45) is 0 Å². The van der Waals surface area contributed by atoms with E-state index < -0.39 is 7.14 Å². The molecule has 0 saturated heterocycles. The quantitative estimate of drug-likeness (QED) is 0.567. The largest absolute Gasteiger partial charge is 0.318 e. The van der Waals surface area contributed by atoms with Crippen LogP contribution in [0.25, 0.3) is 0 Å². The van der Waals surface area contributed by atoms with E-state index in [2.05, 4.69) is 38.1 Å². The van der Waals surface area contributed by atoms with Crippen molar-refractivity contribution in [3.05, 3.63) is 30.3 Å². The molecule has 2 rings (SSSR count). The zero-order valence-corrected chi connectivity index (χ0v) is 14.7. The molecule has 1 aromatic rings. The second kappa shape index (κ2) is 8.18. The minimum Gasteiger partial charge on any atom is -0.318 e. The van der Waals surface area contributed by atoms with E-state index >= 15 is 0 Å². The molecule has 1 saturated carbocycles. The lowest BCUT2D eigenvalue weighted by atomic mass is 10.0. The van der Waals surface area contributed by atoms with Crippen molar-refractivity contribution < 1.29 is 4.57 Å². The fourth-order valence-corrected chi connectivity index (χ4v) is 8.53. The third-order valence-corrected chi connectivity index (χ3v) is 9.37. The molecule has 1 aliphatic carbocycles. The van der Waals surface area contributed by atoms with Crippen LogP contribution in [-0.2, 0) is 4.57 Å². The van der Waals surface area contributed by atoms with Gasteiger partial charge in [-0.25, -0.2) is 0 Å². The van der Waals surface area contributed by atoms with E-state index in [0.29, 0.717) is 11.3 Å². The second-order valence-corrected chi connectivity index (χ2v) is 9.96. The molecule has 0 heterocycles. The highest BCUT2D eigenvalue weighted by atomic mass is 31.2. The van der Waals surface area contributed by atoms with E-state index in [-0.39, 0.29) is 0 Å². The fraction of sp³-hybridized carbons (Fsp3) is 0.684. The van der Waals surface area contributed by atoms with Gasteiger partial charge in [0.15, 0.2) is 0 Å². The van der Waals surface area contributed by atoms with E-state index in [1.54, 1.807) is 0 Å². The molecule has 0 aromatic heterocycles. The molecule has 0 radical (unpaired) electrons. The molecule has 0 aliphatic heterocycles. The van der Waals surface area contributed by atoms with Gasteiger partial charge >= 0.3 is 0 Å². The molecule has 1 fully saturated rings. The maximum absolute atomic E-state index is 14.2. The highest BCUT2D eigenvalue weighted by Crippen LogP contribution is 2.60. The predicted octanol–water partition coefficient (Wildman–Crippen LogP) is 5.98. The molecule has 1 nitrogen and oxygen atoms in total. The van der Waals surface area contributed by atoms with E-state index in [1.165, 1.54) is 32.1 Å². The molecule has 1 unspecified atom stereocenters. The van der Waals surface area contributed by atoms with Crippen LogP contribution in [0, 0.1) is 0 Å². The van der Waals surface area contributed by atoms with Crippen LogP contribution < -0.4 is 5.30 Å². The zero-order valence-electron chi connectivity index (χ0n) is 13.8. The molecule has 0 spiro atoms. The second-order valence-electron chi connectivity index (χ2n) is 6.57. The first kappa shape index (κ1) is 16.8. The van der Waals surface area contributed by atoms with Crippen molar-refractivity contribution >= 4 is 12.4 Å². The minimum atomic E-state index is -2.29. The van der Waals surface area contributed by atoms with Gasteiger partial charge in [0.2, 0.25) is 0 Å². The van der Waals surface area contributed by atoms with Gasteiger partial charge in [0.1, 0.15) is 7.14 Å². The Hall–Kier alpha value is -0.550. The summed E-state index contributed by atoms with van der Waals surface area (Å²) >= 11 is 0. The van der Waals surface area contributed by atoms with E-state index in [4.69, 9.17) is 0 Å². The molecular formula is C19H31OP. The van der Waals surface area contributed by atoms with Gasteiger partial charge in [-0.3, -0.25) is 0 Å². The molecular weight excluding hydrogens is 275 g/mol. The van der Waals surface area contributed by atoms with Crippen molar-refractivity contribution in [1.82, 2.24) is 0 Å². The van der Waals surface area contributed by atoms with Gasteiger partial charge in [-0.15, -0.1) is 0 Å². The first-order chi connectivity index (χ1) is 10.2. The first-order valence-electron chi connectivity index (χ1n) is 8.88. The molecule has 1 atom stereocenters. The summed E-state index contributed by atoms with van der Waals surface area (Å²) in [6.07, 6.45) is 10.8. The Bertz CT molecular complexity index is 442. The summed E-state index contributed by atoms with van der Waals surface area (Å²) in [7, 11) is -2.29. The molecule has 118 valence electrons. The third kappa shape index (κ3) is 3.81. The normalized spacial score (nSPS) is 19.6. The number of rotatable bonds is 7. The van der Waals surface area contributed by atoms with Crippen LogP contribution in [0.15, 0.2) is 30.3 Å². The Balaban J connectivity index is 2.38. The van der Waals surface area contributed by atoms with Gasteiger partial charge in [0.05, 0.1) is 0 Å². The maximum Gasteiger partial charge on any atom is 0.121 e. The van der Waals surface area contributed by atoms with Crippen molar-refractivity contribution in [1.29, 1.82) is 0 Å². The highest BCUT2D eigenvalue weighted by Gasteiger charge is 2.41. The summed E-state index contributed by atoms with van der Waals surface area (Å²) in [6, 6.07) is 10.4. The number of hydrogen-bond donors (Lipinski definition) is 0. The molecule has 1 aromatic carbocycles. The average Bonchev–Trinajstić information content (AvgIpc) is 2.55. The Morgan fingerprint density at radius 1 is 1.00 bits per heavy atom. The Labute approximate surface area is 130 Å². The topological polar surface area (TPSA) is 17.1 Å². The lowest BCUT2D eigenvalue weighted by Gasteiger charge is -2.37. The molecule has 1 aliphatic rings. The van der Waals surface area contributed by atoms with Crippen molar-refractivity contribution in [2.75, 3.05) is 0 Å². The summed E-state index contributed by atoms with van der Waals surface area (Å²) in [5.74, 6) is 0. The molecule has 21 heavy (non-hydrogen) atoms. The van der Waals surface area contributed by atoms with Crippen molar-refractivity contribution in [3.8, 4) is 0 Å². The predicted molar refractivity (Wildman–Crippen MR) is 94.2 cm³/mol. The van der Waals surface area contributed by atoms with Gasteiger partial charge in [-0.2, -0.15) is 0 Å². The Morgan fingerprint density at radius 2 is 1.57 bits per heavy atom. The van der Waals surface area contributed by atoms with Crippen LogP contribution in [0.3, 0.4) is 0 Å². The minimum absolute atomic E-state index is 0.401. The van der Waals surface area contributed by atoms with Crippen molar-refractivity contribution in [3.63, 3.8) is 0 Å². The monoisotopic (exact) mass is 306 g/mol. The van der Waals surface area contributed by atoms with Crippen LogP contribution in [0.5, 0.6) is 0 Å². The van der Waals surface area contributed by atoms with Gasteiger partial charge < -0.3 is 4.57 Å². The van der Waals surface area contributed by atoms with Gasteiger partial charge in [0, 0.05) is 16.6 Å². The molecule has 0 bridgehead atoms. The number of hydrogen-bond acceptors (Lipinski definition) is 1. The smallest absolute Gasteiger partial charge is 0.121 e. The summed E-state index contributed by atoms with van der Waals surface area (Å²) in [5.41, 5.74) is 0.842. The van der Waals surface area contributed by atoms with Crippen LogP contribution in [0.1, 0.15) is 71.6 Å². The average molecular weight is 306 g/mol. The summed E-state index contributed by atoms with van der Waals surface area (Å²) < 4.78 is 14.2. The summed E-state index contributed by atoms with van der Waals surface area (Å²) in [5, 5.41) is 1.16. The first-order valence-corrected chi connectivity index (χ1v) is 10.7. The summed E-state index contributed by atoms with van der Waals surface area (Å²) in [6.45, 7) is 4.47. The summed E-state index contributed by atoms with van der Waals surface area (Å²) in [4.78, 5) is 0. The molecule has 0 amide bonds. The lowest BCUT2D eigenvalue weighted by Crippen LogP contribution is -2.28. The highest BCUT2D eigenvalue weighted by molar-refractivity contribution is 7.73. The third-order valence-electron chi connectivity index (χ3n) is 5.06. The fourth-order valence-electron chi connectivity index (χ4n) is 4.04. The lowest BCUT2D eigenvalue weighted by molar-refractivity contribution is 0.474. The van der Waals surface area contributed by atoms with E-state index in [1.807, 2.05) is 6.07 Å². The maximum atomic E-state index is 14.2. The molecule has 0 N–H and O–H groups in total. The Morgan fingerprint density at radius 3 is 2.10 bits per heavy atom. The van der Waals surface area contributed by atoms with E-state index in [9.17, 15) is 4.57 Å². The number of benzene rings is 1. The van der Waals surface area contributed by atoms with Crippen molar-refractivity contribution in [2.45, 2.75) is 83.0 Å². The van der Waals surface area contributed by atoms with Crippen LogP contribution in [-0.4, -0.2) is 11.3 Å². The van der Waals surface area contributed by atoms with Gasteiger partial charge in [-0.1, -0.05) is 76.3 Å². The van der Waals surface area contributed by atoms with Crippen LogP contribution in [0.4, 0.5) is 0 Å². The van der Waals surface area contributed by atoms with Gasteiger partial charge in [0.25, 0.3) is 0 Å². The van der Waals surface area contributed by atoms with Crippen LogP contribution >= 0.6 is 7.14 Å².